The normalized spacial score (nSPS) is 12.5. The van der Waals surface area contributed by atoms with E-state index in [0.29, 0.717) is 23.8 Å². The van der Waals surface area contributed by atoms with Gasteiger partial charge in [0.2, 0.25) is 0 Å². The van der Waals surface area contributed by atoms with Crippen LogP contribution in [0.2, 0.25) is 0 Å². The van der Waals surface area contributed by atoms with Crippen LogP contribution in [0.25, 0.3) is 0 Å². The maximum atomic E-state index is 10.8. The highest BCUT2D eigenvalue weighted by molar-refractivity contribution is 5.79. The minimum absolute atomic E-state index is 0.440. The van der Waals surface area contributed by atoms with Gasteiger partial charge in [-0.15, -0.1) is 0 Å². The number of rotatable bonds is 6. The van der Waals surface area contributed by atoms with Crippen LogP contribution in [-0.4, -0.2) is 38.4 Å². The number of para-hydroxylation sites is 1. The monoisotopic (exact) mass is 221 g/mol. The molecule has 0 spiro atoms. The minimum atomic E-state index is 0.440. The number of carbonyl (C=O) groups is 1. The highest BCUT2D eigenvalue weighted by Gasteiger charge is 2.06. The summed E-state index contributed by atoms with van der Waals surface area (Å²) >= 11 is 0. The highest BCUT2D eigenvalue weighted by atomic mass is 16.5. The largest absolute Gasteiger partial charge is 0.493 e. The molecule has 0 bridgehead atoms. The first-order chi connectivity index (χ1) is 7.63. The Kier molecular flexibility index (Phi) is 4.99. The van der Waals surface area contributed by atoms with Crippen LogP contribution in [0.3, 0.4) is 0 Å². The molecular weight excluding hydrogens is 202 g/mol. The second-order valence-electron chi connectivity index (χ2n) is 4.33. The molecule has 88 valence electrons. The highest BCUT2D eigenvalue weighted by Crippen LogP contribution is 2.16. The van der Waals surface area contributed by atoms with Crippen LogP contribution >= 0.6 is 0 Å². The summed E-state index contributed by atoms with van der Waals surface area (Å²) in [6.07, 6.45) is 0.825. The van der Waals surface area contributed by atoms with Crippen molar-refractivity contribution in [3.8, 4) is 5.75 Å². The lowest BCUT2D eigenvalue weighted by Crippen LogP contribution is -2.24. The van der Waals surface area contributed by atoms with E-state index in [-0.39, 0.29) is 0 Å². The van der Waals surface area contributed by atoms with E-state index in [1.165, 1.54) is 0 Å². The SMILES string of the molecule is CC(COc1ccccc1C=O)CN(C)C. The van der Waals surface area contributed by atoms with Gasteiger partial charge in [0.1, 0.15) is 5.75 Å². The molecule has 0 aliphatic heterocycles. The fourth-order valence-corrected chi connectivity index (χ4v) is 1.62. The van der Waals surface area contributed by atoms with Gasteiger partial charge >= 0.3 is 0 Å². The standard InChI is InChI=1S/C13H19NO2/c1-11(8-14(2)3)10-16-13-7-5-4-6-12(13)9-15/h4-7,9,11H,8,10H2,1-3H3. The van der Waals surface area contributed by atoms with Crippen molar-refractivity contribution >= 4 is 6.29 Å². The molecular formula is C13H19NO2. The van der Waals surface area contributed by atoms with E-state index in [1.54, 1.807) is 6.07 Å². The maximum Gasteiger partial charge on any atom is 0.153 e. The molecule has 16 heavy (non-hydrogen) atoms. The third kappa shape index (κ3) is 4.03. The smallest absolute Gasteiger partial charge is 0.153 e. The van der Waals surface area contributed by atoms with Crippen molar-refractivity contribution in [3.63, 3.8) is 0 Å². The van der Waals surface area contributed by atoms with Gasteiger partial charge in [-0.25, -0.2) is 0 Å². The Morgan fingerprint density at radius 2 is 2.06 bits per heavy atom. The molecule has 0 aliphatic rings. The second-order valence-corrected chi connectivity index (χ2v) is 4.33. The number of aldehydes is 1. The van der Waals surface area contributed by atoms with E-state index in [4.69, 9.17) is 4.74 Å². The lowest BCUT2D eigenvalue weighted by molar-refractivity contribution is 0.111. The number of ether oxygens (including phenoxy) is 1. The zero-order valence-corrected chi connectivity index (χ0v) is 10.1. The van der Waals surface area contributed by atoms with Gasteiger partial charge in [0, 0.05) is 12.5 Å². The molecule has 3 heteroatoms. The van der Waals surface area contributed by atoms with E-state index in [9.17, 15) is 4.79 Å². The van der Waals surface area contributed by atoms with Crippen LogP contribution in [-0.2, 0) is 0 Å². The molecule has 0 aromatic heterocycles. The predicted octanol–water partition coefficient (Wildman–Crippen LogP) is 2.08. The van der Waals surface area contributed by atoms with Crippen LogP contribution in [0.4, 0.5) is 0 Å². The Hall–Kier alpha value is -1.35. The number of hydrogen-bond acceptors (Lipinski definition) is 3. The Labute approximate surface area is 97.0 Å². The molecule has 1 rings (SSSR count). The molecule has 0 N–H and O–H groups in total. The summed E-state index contributed by atoms with van der Waals surface area (Å²) in [5.74, 6) is 1.11. The maximum absolute atomic E-state index is 10.8. The third-order valence-corrected chi connectivity index (χ3v) is 2.25. The molecule has 1 aromatic carbocycles. The van der Waals surface area contributed by atoms with Crippen LogP contribution < -0.4 is 4.74 Å². The van der Waals surface area contributed by atoms with Gasteiger partial charge in [-0.2, -0.15) is 0 Å². The van der Waals surface area contributed by atoms with Crippen LogP contribution in [0, 0.1) is 5.92 Å². The summed E-state index contributed by atoms with van der Waals surface area (Å²) in [4.78, 5) is 12.9. The third-order valence-electron chi connectivity index (χ3n) is 2.25. The van der Waals surface area contributed by atoms with Gasteiger partial charge in [0.05, 0.1) is 12.2 Å². The van der Waals surface area contributed by atoms with Gasteiger partial charge in [-0.3, -0.25) is 4.79 Å². The lowest BCUT2D eigenvalue weighted by atomic mass is 10.2. The van der Waals surface area contributed by atoms with Crippen molar-refractivity contribution in [2.24, 2.45) is 5.92 Å². The molecule has 0 saturated carbocycles. The Bertz CT molecular complexity index is 336. The average molecular weight is 221 g/mol. The van der Waals surface area contributed by atoms with Crippen molar-refractivity contribution in [1.29, 1.82) is 0 Å². The van der Waals surface area contributed by atoms with E-state index in [1.807, 2.05) is 32.3 Å². The lowest BCUT2D eigenvalue weighted by Gasteiger charge is -2.17. The number of benzene rings is 1. The van der Waals surface area contributed by atoms with Crippen molar-refractivity contribution in [2.45, 2.75) is 6.92 Å². The van der Waals surface area contributed by atoms with E-state index < -0.39 is 0 Å². The fourth-order valence-electron chi connectivity index (χ4n) is 1.62. The molecule has 1 unspecified atom stereocenters. The molecule has 1 aromatic rings. The van der Waals surface area contributed by atoms with Crippen LogP contribution in [0.1, 0.15) is 17.3 Å². The van der Waals surface area contributed by atoms with Crippen molar-refractivity contribution in [3.05, 3.63) is 29.8 Å². The number of carbonyl (C=O) groups excluding carboxylic acids is 1. The van der Waals surface area contributed by atoms with Gasteiger partial charge in [0.15, 0.2) is 6.29 Å². The van der Waals surface area contributed by atoms with E-state index in [2.05, 4.69) is 11.8 Å². The first kappa shape index (κ1) is 12.7. The Morgan fingerprint density at radius 3 is 2.69 bits per heavy atom. The van der Waals surface area contributed by atoms with Crippen molar-refractivity contribution in [1.82, 2.24) is 4.90 Å². The summed E-state index contributed by atoms with van der Waals surface area (Å²) in [5, 5.41) is 0. The summed E-state index contributed by atoms with van der Waals surface area (Å²) in [6, 6.07) is 7.30. The summed E-state index contributed by atoms with van der Waals surface area (Å²) in [7, 11) is 4.08. The zero-order chi connectivity index (χ0) is 12.0. The van der Waals surface area contributed by atoms with Gasteiger partial charge in [-0.05, 0) is 26.2 Å². The van der Waals surface area contributed by atoms with Crippen molar-refractivity contribution < 1.29 is 9.53 Å². The molecule has 0 radical (unpaired) electrons. The molecule has 1 atom stereocenters. The molecule has 0 amide bonds. The minimum Gasteiger partial charge on any atom is -0.493 e. The van der Waals surface area contributed by atoms with Gasteiger partial charge in [0.25, 0.3) is 0 Å². The summed E-state index contributed by atoms with van der Waals surface area (Å²) in [5.41, 5.74) is 0.611. The van der Waals surface area contributed by atoms with Gasteiger partial charge in [-0.1, -0.05) is 19.1 Å². The van der Waals surface area contributed by atoms with Gasteiger partial charge < -0.3 is 9.64 Å². The van der Waals surface area contributed by atoms with E-state index >= 15 is 0 Å². The molecule has 0 heterocycles. The molecule has 0 saturated heterocycles. The average Bonchev–Trinajstić information content (AvgIpc) is 2.26. The fraction of sp³-hybridized carbons (Fsp3) is 0.462. The summed E-state index contributed by atoms with van der Waals surface area (Å²) < 4.78 is 5.63. The second kappa shape index (κ2) is 6.28. The molecule has 0 fully saturated rings. The number of nitrogens with zero attached hydrogens (tertiary/aromatic N) is 1. The topological polar surface area (TPSA) is 29.5 Å². The quantitative estimate of drug-likeness (QED) is 0.689. The molecule has 0 aliphatic carbocycles. The van der Waals surface area contributed by atoms with Crippen LogP contribution in [0.15, 0.2) is 24.3 Å². The Morgan fingerprint density at radius 1 is 1.38 bits per heavy atom. The molecule has 3 nitrogen and oxygen atoms in total. The summed E-state index contributed by atoms with van der Waals surface area (Å²) in [6.45, 7) is 3.73. The zero-order valence-electron chi connectivity index (χ0n) is 10.1. The van der Waals surface area contributed by atoms with E-state index in [0.717, 1.165) is 12.8 Å². The predicted molar refractivity (Wildman–Crippen MR) is 65.0 cm³/mol. The number of hydrogen-bond donors (Lipinski definition) is 0. The first-order valence-electron chi connectivity index (χ1n) is 5.45. The Balaban J connectivity index is 2.50. The first-order valence-corrected chi connectivity index (χ1v) is 5.45. The van der Waals surface area contributed by atoms with Crippen molar-refractivity contribution in [2.75, 3.05) is 27.2 Å². The van der Waals surface area contributed by atoms with Crippen LogP contribution in [0.5, 0.6) is 5.75 Å².